The smallest absolute Gasteiger partial charge is 0.309 e. The maximum atomic E-state index is 11.2. The van der Waals surface area contributed by atoms with Crippen LogP contribution in [0.3, 0.4) is 0 Å². The van der Waals surface area contributed by atoms with Crippen LogP contribution in [0.25, 0.3) is 11.4 Å². The van der Waals surface area contributed by atoms with Crippen LogP contribution in [-0.2, 0) is 17.8 Å². The van der Waals surface area contributed by atoms with Crippen LogP contribution in [0.1, 0.15) is 11.3 Å². The zero-order chi connectivity index (χ0) is 18.7. The van der Waals surface area contributed by atoms with Crippen molar-refractivity contribution < 1.29 is 14.8 Å². The van der Waals surface area contributed by atoms with E-state index >= 15 is 0 Å². The minimum absolute atomic E-state index is 0.00791. The van der Waals surface area contributed by atoms with Crippen LogP contribution < -0.4 is 0 Å². The van der Waals surface area contributed by atoms with Crippen molar-refractivity contribution in [1.29, 1.82) is 0 Å². The zero-order valence-corrected chi connectivity index (χ0v) is 14.3. The third kappa shape index (κ3) is 3.73. The van der Waals surface area contributed by atoms with Gasteiger partial charge in [-0.3, -0.25) is 14.9 Å². The molecule has 0 unspecified atom stereocenters. The highest BCUT2D eigenvalue weighted by molar-refractivity contribution is 6.30. The molecule has 0 spiro atoms. The Labute approximate surface area is 153 Å². The van der Waals surface area contributed by atoms with Gasteiger partial charge in [-0.15, -0.1) is 0 Å². The van der Waals surface area contributed by atoms with Crippen LogP contribution in [0, 0.1) is 10.1 Å². The lowest BCUT2D eigenvalue weighted by atomic mass is 10.1. The molecule has 8 heteroatoms. The van der Waals surface area contributed by atoms with Gasteiger partial charge in [0.25, 0.3) is 5.69 Å². The second-order valence-corrected chi connectivity index (χ2v) is 5.98. The van der Waals surface area contributed by atoms with Gasteiger partial charge < -0.3 is 9.67 Å². The third-order valence-corrected chi connectivity index (χ3v) is 4.16. The summed E-state index contributed by atoms with van der Waals surface area (Å²) in [4.78, 5) is 25.9. The molecule has 0 saturated heterocycles. The predicted octanol–water partition coefficient (Wildman–Crippen LogP) is 3.79. The van der Waals surface area contributed by atoms with Crippen LogP contribution in [0.4, 0.5) is 5.69 Å². The van der Waals surface area contributed by atoms with Gasteiger partial charge in [0.1, 0.15) is 5.82 Å². The van der Waals surface area contributed by atoms with E-state index < -0.39 is 10.9 Å². The fourth-order valence-electron chi connectivity index (χ4n) is 2.65. The van der Waals surface area contributed by atoms with Gasteiger partial charge in [0, 0.05) is 24.2 Å². The lowest BCUT2D eigenvalue weighted by molar-refractivity contribution is -0.384. The predicted molar refractivity (Wildman–Crippen MR) is 96.2 cm³/mol. The number of non-ortho nitro benzene ring substituents is 1. The molecule has 0 aliphatic carbocycles. The SMILES string of the molecule is O=C(O)Cc1c(Cl)nc(-c2ccccc2)n1Cc1ccc([N+](=O)[O-])cc1. The van der Waals surface area contributed by atoms with Crippen molar-refractivity contribution in [3.05, 3.63) is 81.1 Å². The molecule has 1 heterocycles. The minimum Gasteiger partial charge on any atom is -0.481 e. The Morgan fingerprint density at radius 2 is 1.81 bits per heavy atom. The Bertz CT molecular complexity index is 953. The lowest BCUT2D eigenvalue weighted by Gasteiger charge is -2.11. The molecule has 3 aromatic rings. The molecule has 3 rings (SSSR count). The van der Waals surface area contributed by atoms with Crippen molar-refractivity contribution in [2.24, 2.45) is 0 Å². The number of nitro benzene ring substituents is 1. The Morgan fingerprint density at radius 3 is 2.38 bits per heavy atom. The second kappa shape index (κ2) is 7.37. The largest absolute Gasteiger partial charge is 0.481 e. The molecular weight excluding hydrogens is 358 g/mol. The highest BCUT2D eigenvalue weighted by Gasteiger charge is 2.19. The average molecular weight is 372 g/mol. The number of rotatable bonds is 6. The zero-order valence-electron chi connectivity index (χ0n) is 13.5. The van der Waals surface area contributed by atoms with Crippen molar-refractivity contribution in [2.75, 3.05) is 0 Å². The highest BCUT2D eigenvalue weighted by atomic mass is 35.5. The van der Waals surface area contributed by atoms with Crippen molar-refractivity contribution in [2.45, 2.75) is 13.0 Å². The summed E-state index contributed by atoms with van der Waals surface area (Å²) in [5.74, 6) is -0.471. The van der Waals surface area contributed by atoms with Gasteiger partial charge in [-0.05, 0) is 5.56 Å². The van der Waals surface area contributed by atoms with Crippen LogP contribution in [0.2, 0.25) is 5.15 Å². The highest BCUT2D eigenvalue weighted by Crippen LogP contribution is 2.27. The number of carboxylic acids is 1. The number of aromatic nitrogens is 2. The van der Waals surface area contributed by atoms with Gasteiger partial charge in [0.05, 0.1) is 17.0 Å². The molecule has 26 heavy (non-hydrogen) atoms. The van der Waals surface area contributed by atoms with E-state index in [1.807, 2.05) is 30.3 Å². The lowest BCUT2D eigenvalue weighted by Crippen LogP contribution is -2.11. The molecule has 0 saturated carbocycles. The van der Waals surface area contributed by atoms with E-state index in [9.17, 15) is 20.0 Å². The third-order valence-electron chi connectivity index (χ3n) is 3.86. The number of halogens is 1. The minimum atomic E-state index is -1.02. The fourth-order valence-corrected chi connectivity index (χ4v) is 2.90. The molecule has 132 valence electrons. The average Bonchev–Trinajstić information content (AvgIpc) is 2.92. The molecule has 0 atom stereocenters. The second-order valence-electron chi connectivity index (χ2n) is 5.62. The Kier molecular flexibility index (Phi) is 4.99. The van der Waals surface area contributed by atoms with Crippen LogP contribution in [0.5, 0.6) is 0 Å². The van der Waals surface area contributed by atoms with Gasteiger partial charge in [-0.1, -0.05) is 54.1 Å². The first kappa shape index (κ1) is 17.6. The van der Waals surface area contributed by atoms with Gasteiger partial charge in [0.2, 0.25) is 0 Å². The molecule has 0 bridgehead atoms. The molecule has 0 radical (unpaired) electrons. The summed E-state index contributed by atoms with van der Waals surface area (Å²) in [5.41, 5.74) is 1.95. The number of nitrogens with zero attached hydrogens (tertiary/aromatic N) is 3. The molecule has 7 nitrogen and oxygen atoms in total. The van der Waals surface area contributed by atoms with Gasteiger partial charge in [0.15, 0.2) is 5.15 Å². The molecule has 0 aliphatic heterocycles. The molecule has 0 amide bonds. The van der Waals surface area contributed by atoms with Crippen LogP contribution >= 0.6 is 11.6 Å². The summed E-state index contributed by atoms with van der Waals surface area (Å²) in [6.45, 7) is 0.296. The summed E-state index contributed by atoms with van der Waals surface area (Å²) in [6.07, 6.45) is -0.272. The monoisotopic (exact) mass is 371 g/mol. The first-order valence-corrected chi connectivity index (χ1v) is 8.09. The number of carboxylic acid groups (broad SMARTS) is 1. The van der Waals surface area contributed by atoms with Crippen molar-refractivity contribution in [1.82, 2.24) is 9.55 Å². The van der Waals surface area contributed by atoms with Crippen LogP contribution in [0.15, 0.2) is 54.6 Å². The number of aliphatic carboxylic acids is 1. The van der Waals surface area contributed by atoms with Gasteiger partial charge in [-0.2, -0.15) is 0 Å². The molecule has 2 aromatic carbocycles. The maximum Gasteiger partial charge on any atom is 0.309 e. The van der Waals surface area contributed by atoms with Gasteiger partial charge >= 0.3 is 5.97 Å². The topological polar surface area (TPSA) is 98.3 Å². The van der Waals surface area contributed by atoms with E-state index in [2.05, 4.69) is 4.98 Å². The molecule has 0 aliphatic rings. The van der Waals surface area contributed by atoms with Crippen molar-refractivity contribution >= 4 is 23.3 Å². The first-order valence-electron chi connectivity index (χ1n) is 7.71. The van der Waals surface area contributed by atoms with Crippen molar-refractivity contribution in [3.8, 4) is 11.4 Å². The normalized spacial score (nSPS) is 10.7. The van der Waals surface area contributed by atoms with E-state index in [0.29, 0.717) is 18.1 Å². The number of nitro groups is 1. The number of carbonyl (C=O) groups is 1. The number of hydrogen-bond acceptors (Lipinski definition) is 4. The summed E-state index contributed by atoms with van der Waals surface area (Å²) in [6, 6.07) is 15.4. The van der Waals surface area contributed by atoms with E-state index in [1.54, 1.807) is 16.7 Å². The summed E-state index contributed by atoms with van der Waals surface area (Å²) in [5, 5.41) is 20.1. The summed E-state index contributed by atoms with van der Waals surface area (Å²) >= 11 is 6.19. The van der Waals surface area contributed by atoms with E-state index in [-0.39, 0.29) is 17.3 Å². The first-order chi connectivity index (χ1) is 12.5. The van der Waals surface area contributed by atoms with Crippen molar-refractivity contribution in [3.63, 3.8) is 0 Å². The molecule has 0 fully saturated rings. The van der Waals surface area contributed by atoms with Crippen LogP contribution in [-0.4, -0.2) is 25.6 Å². The number of benzene rings is 2. The standard InChI is InChI=1S/C18H14ClN3O4/c19-17-15(10-16(23)24)21(18(20-17)13-4-2-1-3-5-13)11-12-6-8-14(9-7-12)22(25)26/h1-9H,10-11H2,(H,23,24). The Balaban J connectivity index is 2.05. The molecule has 1 aromatic heterocycles. The Morgan fingerprint density at radius 1 is 1.15 bits per heavy atom. The molecule has 1 N–H and O–H groups in total. The molecular formula is C18H14ClN3O4. The maximum absolute atomic E-state index is 11.2. The summed E-state index contributed by atoms with van der Waals surface area (Å²) < 4.78 is 1.73. The summed E-state index contributed by atoms with van der Waals surface area (Å²) in [7, 11) is 0. The fraction of sp³-hybridized carbons (Fsp3) is 0.111. The number of imidazole rings is 1. The van der Waals surface area contributed by atoms with Gasteiger partial charge in [-0.25, -0.2) is 4.98 Å². The van der Waals surface area contributed by atoms with E-state index in [4.69, 9.17) is 11.6 Å². The Hall–Kier alpha value is -3.19. The van der Waals surface area contributed by atoms with E-state index in [0.717, 1.165) is 11.1 Å². The van der Waals surface area contributed by atoms with E-state index in [1.165, 1.54) is 12.1 Å². The quantitative estimate of drug-likeness (QED) is 0.525. The number of hydrogen-bond donors (Lipinski definition) is 1.